The lowest BCUT2D eigenvalue weighted by Gasteiger charge is -2.13. The van der Waals surface area contributed by atoms with Gasteiger partial charge < -0.3 is 10.6 Å². The van der Waals surface area contributed by atoms with Crippen molar-refractivity contribution in [2.45, 2.75) is 52.5 Å². The van der Waals surface area contributed by atoms with Crippen molar-refractivity contribution in [1.82, 2.24) is 15.1 Å². The van der Waals surface area contributed by atoms with Gasteiger partial charge in [0.25, 0.3) is 11.8 Å². The van der Waals surface area contributed by atoms with Crippen LogP contribution in [0.25, 0.3) is 10.9 Å². The van der Waals surface area contributed by atoms with Crippen LogP contribution in [0.3, 0.4) is 0 Å². The molecule has 0 spiro atoms. The summed E-state index contributed by atoms with van der Waals surface area (Å²) in [6.07, 6.45) is 4.66. The molecule has 0 atom stereocenters. The number of para-hydroxylation sites is 1. The summed E-state index contributed by atoms with van der Waals surface area (Å²) in [5.41, 5.74) is 1.69. The van der Waals surface area contributed by atoms with E-state index in [0.717, 1.165) is 42.5 Å². The molecule has 2 aromatic heterocycles. The van der Waals surface area contributed by atoms with E-state index in [1.807, 2.05) is 26.0 Å². The van der Waals surface area contributed by atoms with E-state index in [2.05, 4.69) is 15.7 Å². The Morgan fingerprint density at radius 2 is 1.90 bits per heavy atom. The molecule has 3 aromatic rings. The Balaban J connectivity index is 1.74. The van der Waals surface area contributed by atoms with Gasteiger partial charge in [-0.15, -0.1) is 11.3 Å². The third-order valence-corrected chi connectivity index (χ3v) is 6.75. The minimum atomic E-state index is -0.582. The zero-order valence-electron chi connectivity index (χ0n) is 17.8. The Bertz CT molecular complexity index is 1210. The lowest BCUT2D eigenvalue weighted by molar-refractivity contribution is 0.0954. The van der Waals surface area contributed by atoms with Gasteiger partial charge in [-0.05, 0) is 56.7 Å². The predicted molar refractivity (Wildman–Crippen MR) is 123 cm³/mol. The summed E-state index contributed by atoms with van der Waals surface area (Å²) < 4.78 is 1.65. The second kappa shape index (κ2) is 9.01. The van der Waals surface area contributed by atoms with Crippen molar-refractivity contribution in [3.8, 4) is 0 Å². The standard InChI is InChI=1S/C23H26N4O3S/c1-3-13-24-21(29)18-15-10-6-8-12-17(15)31-23(18)25-22(30)19-20(28)14-9-5-7-11-16(14)27(4-2)26-19/h5,7,9,11H,3-4,6,8,10,12-13H2,1-2H3,(H,24,29)(H,25,30). The second-order valence-corrected chi connectivity index (χ2v) is 8.74. The second-order valence-electron chi connectivity index (χ2n) is 7.64. The number of nitrogens with zero attached hydrogens (tertiary/aromatic N) is 2. The summed E-state index contributed by atoms with van der Waals surface area (Å²) in [4.78, 5) is 40.1. The molecule has 7 nitrogen and oxygen atoms in total. The van der Waals surface area contributed by atoms with Crippen molar-refractivity contribution in [2.24, 2.45) is 0 Å². The number of hydrogen-bond acceptors (Lipinski definition) is 5. The fourth-order valence-corrected chi connectivity index (χ4v) is 5.29. The van der Waals surface area contributed by atoms with Crippen LogP contribution >= 0.6 is 11.3 Å². The van der Waals surface area contributed by atoms with Gasteiger partial charge in [0, 0.05) is 23.4 Å². The molecule has 0 saturated heterocycles. The van der Waals surface area contributed by atoms with Crippen LogP contribution in [0.2, 0.25) is 0 Å². The number of aryl methyl sites for hydroxylation is 2. The number of thiophene rings is 1. The van der Waals surface area contributed by atoms with Crippen LogP contribution in [0.5, 0.6) is 0 Å². The van der Waals surface area contributed by atoms with Gasteiger partial charge in [0.1, 0.15) is 5.00 Å². The van der Waals surface area contributed by atoms with E-state index in [9.17, 15) is 14.4 Å². The highest BCUT2D eigenvalue weighted by Gasteiger charge is 2.27. The summed E-state index contributed by atoms with van der Waals surface area (Å²) >= 11 is 1.44. The van der Waals surface area contributed by atoms with E-state index < -0.39 is 11.3 Å². The molecule has 0 aliphatic heterocycles. The van der Waals surface area contributed by atoms with Gasteiger partial charge in [0.05, 0.1) is 11.1 Å². The summed E-state index contributed by atoms with van der Waals surface area (Å²) in [7, 11) is 0. The summed E-state index contributed by atoms with van der Waals surface area (Å²) in [5, 5.41) is 11.0. The maximum absolute atomic E-state index is 13.1. The van der Waals surface area contributed by atoms with E-state index in [1.54, 1.807) is 16.8 Å². The molecular weight excluding hydrogens is 412 g/mol. The Hall–Kier alpha value is -3.00. The number of benzene rings is 1. The van der Waals surface area contributed by atoms with Crippen LogP contribution in [0, 0.1) is 0 Å². The van der Waals surface area contributed by atoms with Gasteiger partial charge in [-0.2, -0.15) is 5.10 Å². The fraction of sp³-hybridized carbons (Fsp3) is 0.391. The lowest BCUT2D eigenvalue weighted by atomic mass is 9.95. The van der Waals surface area contributed by atoms with Crippen LogP contribution in [0.4, 0.5) is 5.00 Å². The number of nitrogens with one attached hydrogen (secondary N) is 2. The topological polar surface area (TPSA) is 93.1 Å². The maximum Gasteiger partial charge on any atom is 0.280 e. The Morgan fingerprint density at radius 3 is 2.68 bits per heavy atom. The van der Waals surface area contributed by atoms with Crippen molar-refractivity contribution in [2.75, 3.05) is 11.9 Å². The number of anilines is 1. The summed E-state index contributed by atoms with van der Waals surface area (Å²) in [6.45, 7) is 5.01. The third-order valence-electron chi connectivity index (χ3n) is 5.54. The molecule has 1 aromatic carbocycles. The predicted octanol–water partition coefficient (Wildman–Crippen LogP) is 3.75. The van der Waals surface area contributed by atoms with Crippen molar-refractivity contribution >= 4 is 39.1 Å². The van der Waals surface area contributed by atoms with E-state index in [1.165, 1.54) is 11.3 Å². The number of amides is 2. The number of carbonyl (C=O) groups is 2. The first-order valence-corrected chi connectivity index (χ1v) is 11.6. The Morgan fingerprint density at radius 1 is 1.13 bits per heavy atom. The van der Waals surface area contributed by atoms with Gasteiger partial charge >= 0.3 is 0 Å². The average molecular weight is 439 g/mol. The Labute approximate surface area is 184 Å². The molecular formula is C23H26N4O3S. The molecule has 2 heterocycles. The van der Waals surface area contributed by atoms with Crippen LogP contribution < -0.4 is 16.1 Å². The fourth-order valence-electron chi connectivity index (χ4n) is 4.01. The molecule has 0 unspecified atom stereocenters. The van der Waals surface area contributed by atoms with Crippen LogP contribution in [-0.4, -0.2) is 28.1 Å². The quantitative estimate of drug-likeness (QED) is 0.613. The van der Waals surface area contributed by atoms with E-state index in [-0.39, 0.29) is 11.6 Å². The maximum atomic E-state index is 13.1. The smallest absolute Gasteiger partial charge is 0.280 e. The molecule has 2 amide bonds. The minimum Gasteiger partial charge on any atom is -0.352 e. The van der Waals surface area contributed by atoms with E-state index in [0.29, 0.717) is 34.6 Å². The minimum absolute atomic E-state index is 0.160. The first kappa shape index (κ1) is 21.2. The summed E-state index contributed by atoms with van der Waals surface area (Å²) in [5.74, 6) is -0.755. The van der Waals surface area contributed by atoms with E-state index in [4.69, 9.17) is 0 Å². The van der Waals surface area contributed by atoms with Gasteiger partial charge in [-0.1, -0.05) is 19.1 Å². The number of rotatable bonds is 6. The number of aromatic nitrogens is 2. The molecule has 8 heteroatoms. The monoisotopic (exact) mass is 438 g/mol. The first-order valence-electron chi connectivity index (χ1n) is 10.8. The normalized spacial score (nSPS) is 13.1. The van der Waals surface area contributed by atoms with Crippen LogP contribution in [0.1, 0.15) is 64.4 Å². The first-order chi connectivity index (χ1) is 15.0. The molecule has 31 heavy (non-hydrogen) atoms. The van der Waals surface area contributed by atoms with Crippen molar-refractivity contribution in [1.29, 1.82) is 0 Å². The van der Waals surface area contributed by atoms with Gasteiger partial charge in [-0.3, -0.25) is 19.1 Å². The molecule has 1 aliphatic rings. The van der Waals surface area contributed by atoms with Gasteiger partial charge in [0.15, 0.2) is 5.69 Å². The molecule has 0 radical (unpaired) electrons. The highest BCUT2D eigenvalue weighted by molar-refractivity contribution is 7.17. The van der Waals surface area contributed by atoms with Gasteiger partial charge in [-0.25, -0.2) is 0 Å². The van der Waals surface area contributed by atoms with E-state index >= 15 is 0 Å². The number of fused-ring (bicyclic) bond motifs is 2. The largest absolute Gasteiger partial charge is 0.352 e. The number of carbonyl (C=O) groups excluding carboxylic acids is 2. The highest BCUT2D eigenvalue weighted by Crippen LogP contribution is 2.38. The number of hydrogen-bond donors (Lipinski definition) is 2. The van der Waals surface area contributed by atoms with Crippen molar-refractivity contribution < 1.29 is 9.59 Å². The highest BCUT2D eigenvalue weighted by atomic mass is 32.1. The van der Waals surface area contributed by atoms with Gasteiger partial charge in [0.2, 0.25) is 5.43 Å². The molecule has 1 aliphatic carbocycles. The molecule has 2 N–H and O–H groups in total. The third kappa shape index (κ3) is 3.99. The van der Waals surface area contributed by atoms with Crippen molar-refractivity contribution in [3.63, 3.8) is 0 Å². The molecule has 162 valence electrons. The lowest BCUT2D eigenvalue weighted by Crippen LogP contribution is -2.29. The SMILES string of the molecule is CCCNC(=O)c1c(NC(=O)c2nn(CC)c3ccccc3c2=O)sc2c1CCCC2. The van der Waals surface area contributed by atoms with Crippen LogP contribution in [-0.2, 0) is 19.4 Å². The average Bonchev–Trinajstić information content (AvgIpc) is 3.15. The molecule has 0 fully saturated rings. The van der Waals surface area contributed by atoms with Crippen molar-refractivity contribution in [3.05, 3.63) is 56.2 Å². The molecule has 0 bridgehead atoms. The molecule has 0 saturated carbocycles. The van der Waals surface area contributed by atoms with Crippen LogP contribution in [0.15, 0.2) is 29.1 Å². The zero-order chi connectivity index (χ0) is 22.0. The Kier molecular flexibility index (Phi) is 6.18. The molecule has 4 rings (SSSR count). The zero-order valence-corrected chi connectivity index (χ0v) is 18.6. The summed E-state index contributed by atoms with van der Waals surface area (Å²) in [6, 6.07) is 7.13.